The van der Waals surface area contributed by atoms with Crippen LogP contribution in [-0.2, 0) is 0 Å². The molecule has 2 heteroatoms. The Hall–Kier alpha value is -0.730. The lowest BCUT2D eigenvalue weighted by Crippen LogP contribution is -2.10. The molecule has 1 aromatic carbocycles. The third kappa shape index (κ3) is 2.89. The first kappa shape index (κ1) is 11.3. The van der Waals surface area contributed by atoms with Crippen molar-refractivity contribution in [2.75, 3.05) is 6.26 Å². The average molecular weight is 207 g/mol. The lowest BCUT2D eigenvalue weighted by molar-refractivity contribution is 0.651. The van der Waals surface area contributed by atoms with Gasteiger partial charge in [-0.3, -0.25) is 0 Å². The zero-order chi connectivity index (χ0) is 10.4. The summed E-state index contributed by atoms with van der Waals surface area (Å²) < 4.78 is 0. The standard InChI is InChI=1S/C12H17NS/c1-3-4-8-11(13)10-7-5-6-9-12(10)14-2/h3,5-7,9,11H,1,4,8,13H2,2H3. The average Bonchev–Trinajstić information content (AvgIpc) is 2.25. The van der Waals surface area contributed by atoms with Crippen LogP contribution < -0.4 is 5.73 Å². The molecule has 0 spiro atoms. The van der Waals surface area contributed by atoms with Crippen LogP contribution in [0.25, 0.3) is 0 Å². The minimum absolute atomic E-state index is 0.136. The van der Waals surface area contributed by atoms with Gasteiger partial charge in [-0.15, -0.1) is 18.3 Å². The van der Waals surface area contributed by atoms with Gasteiger partial charge in [-0.05, 0) is 30.7 Å². The number of hydrogen-bond acceptors (Lipinski definition) is 2. The van der Waals surface area contributed by atoms with E-state index in [1.807, 2.05) is 12.1 Å². The molecule has 0 saturated heterocycles. The van der Waals surface area contributed by atoms with Crippen molar-refractivity contribution in [1.82, 2.24) is 0 Å². The van der Waals surface area contributed by atoms with Gasteiger partial charge in [-0.2, -0.15) is 0 Å². The number of rotatable bonds is 5. The minimum atomic E-state index is 0.136. The third-order valence-electron chi connectivity index (χ3n) is 2.22. The topological polar surface area (TPSA) is 26.0 Å². The van der Waals surface area contributed by atoms with Crippen molar-refractivity contribution in [2.45, 2.75) is 23.8 Å². The smallest absolute Gasteiger partial charge is 0.0308 e. The highest BCUT2D eigenvalue weighted by atomic mass is 32.2. The molecule has 0 heterocycles. The largest absolute Gasteiger partial charge is 0.324 e. The predicted octanol–water partition coefficient (Wildman–Crippen LogP) is 3.37. The molecule has 2 N–H and O–H groups in total. The summed E-state index contributed by atoms with van der Waals surface area (Å²) in [5, 5.41) is 0. The maximum Gasteiger partial charge on any atom is 0.0308 e. The molecule has 0 saturated carbocycles. The second kappa shape index (κ2) is 5.89. The summed E-state index contributed by atoms with van der Waals surface area (Å²) >= 11 is 1.75. The lowest BCUT2D eigenvalue weighted by Gasteiger charge is -2.14. The molecule has 0 aliphatic heterocycles. The number of nitrogens with two attached hydrogens (primary N) is 1. The van der Waals surface area contributed by atoms with Crippen LogP contribution >= 0.6 is 11.8 Å². The van der Waals surface area contributed by atoms with E-state index in [1.165, 1.54) is 10.5 Å². The van der Waals surface area contributed by atoms with Gasteiger partial charge in [0.25, 0.3) is 0 Å². The van der Waals surface area contributed by atoms with Crippen LogP contribution in [0, 0.1) is 0 Å². The zero-order valence-electron chi connectivity index (χ0n) is 8.57. The van der Waals surface area contributed by atoms with Gasteiger partial charge in [-0.25, -0.2) is 0 Å². The van der Waals surface area contributed by atoms with E-state index >= 15 is 0 Å². The number of allylic oxidation sites excluding steroid dienone is 1. The van der Waals surface area contributed by atoms with Crippen LogP contribution in [0.1, 0.15) is 24.4 Å². The van der Waals surface area contributed by atoms with E-state index in [0.717, 1.165) is 12.8 Å². The molecule has 0 bridgehead atoms. The van der Waals surface area contributed by atoms with Crippen LogP contribution in [0.2, 0.25) is 0 Å². The Balaban J connectivity index is 2.77. The van der Waals surface area contributed by atoms with Gasteiger partial charge in [0, 0.05) is 10.9 Å². The fourth-order valence-electron chi connectivity index (χ4n) is 1.43. The summed E-state index contributed by atoms with van der Waals surface area (Å²) in [6.45, 7) is 3.71. The molecule has 1 aromatic rings. The molecule has 1 unspecified atom stereocenters. The predicted molar refractivity (Wildman–Crippen MR) is 64.6 cm³/mol. The SMILES string of the molecule is C=CCCC(N)c1ccccc1SC. The molecule has 0 radical (unpaired) electrons. The maximum absolute atomic E-state index is 6.10. The molecule has 1 rings (SSSR count). The zero-order valence-corrected chi connectivity index (χ0v) is 9.39. The molecule has 0 aliphatic carbocycles. The molecule has 0 fully saturated rings. The normalized spacial score (nSPS) is 12.4. The van der Waals surface area contributed by atoms with Gasteiger partial charge in [0.2, 0.25) is 0 Å². The minimum Gasteiger partial charge on any atom is -0.324 e. The first-order valence-corrected chi connectivity index (χ1v) is 6.01. The van der Waals surface area contributed by atoms with Crippen LogP contribution in [-0.4, -0.2) is 6.26 Å². The molecular formula is C12H17NS. The van der Waals surface area contributed by atoms with Crippen molar-refractivity contribution in [3.05, 3.63) is 42.5 Å². The second-order valence-electron chi connectivity index (χ2n) is 3.21. The Morgan fingerprint density at radius 3 is 2.86 bits per heavy atom. The first-order valence-electron chi connectivity index (χ1n) is 4.79. The molecule has 1 atom stereocenters. The summed E-state index contributed by atoms with van der Waals surface area (Å²) in [5.74, 6) is 0. The van der Waals surface area contributed by atoms with Gasteiger partial charge in [-0.1, -0.05) is 24.3 Å². The van der Waals surface area contributed by atoms with E-state index in [2.05, 4.69) is 31.0 Å². The lowest BCUT2D eigenvalue weighted by atomic mass is 10.0. The summed E-state index contributed by atoms with van der Waals surface area (Å²) in [6, 6.07) is 8.46. The fraction of sp³-hybridized carbons (Fsp3) is 0.333. The Morgan fingerprint density at radius 2 is 2.21 bits per heavy atom. The molecule has 0 aromatic heterocycles. The number of thioether (sulfide) groups is 1. The van der Waals surface area contributed by atoms with E-state index in [-0.39, 0.29) is 6.04 Å². The molecule has 0 aliphatic rings. The molecular weight excluding hydrogens is 190 g/mol. The van der Waals surface area contributed by atoms with Gasteiger partial charge < -0.3 is 5.73 Å². The van der Waals surface area contributed by atoms with E-state index in [0.29, 0.717) is 0 Å². The molecule has 76 valence electrons. The fourth-order valence-corrected chi connectivity index (χ4v) is 2.10. The van der Waals surface area contributed by atoms with Gasteiger partial charge in [0.15, 0.2) is 0 Å². The Bertz CT molecular complexity index is 296. The monoisotopic (exact) mass is 207 g/mol. The third-order valence-corrected chi connectivity index (χ3v) is 3.03. The molecule has 0 amide bonds. The first-order chi connectivity index (χ1) is 6.79. The summed E-state index contributed by atoms with van der Waals surface area (Å²) in [5.41, 5.74) is 7.35. The van der Waals surface area contributed by atoms with E-state index < -0.39 is 0 Å². The van der Waals surface area contributed by atoms with Crippen molar-refractivity contribution in [1.29, 1.82) is 0 Å². The highest BCUT2D eigenvalue weighted by Crippen LogP contribution is 2.26. The Morgan fingerprint density at radius 1 is 1.50 bits per heavy atom. The van der Waals surface area contributed by atoms with Crippen molar-refractivity contribution >= 4 is 11.8 Å². The van der Waals surface area contributed by atoms with Crippen molar-refractivity contribution in [3.63, 3.8) is 0 Å². The van der Waals surface area contributed by atoms with Crippen molar-refractivity contribution < 1.29 is 0 Å². The van der Waals surface area contributed by atoms with Crippen LogP contribution in [0.3, 0.4) is 0 Å². The molecule has 14 heavy (non-hydrogen) atoms. The summed E-state index contributed by atoms with van der Waals surface area (Å²) in [7, 11) is 0. The van der Waals surface area contributed by atoms with Crippen LogP contribution in [0.4, 0.5) is 0 Å². The molecule has 1 nitrogen and oxygen atoms in total. The Kier molecular flexibility index (Phi) is 4.77. The van der Waals surface area contributed by atoms with Gasteiger partial charge in [0.05, 0.1) is 0 Å². The second-order valence-corrected chi connectivity index (χ2v) is 4.06. The summed E-state index contributed by atoms with van der Waals surface area (Å²) in [6.07, 6.45) is 5.95. The van der Waals surface area contributed by atoms with Crippen LogP contribution in [0.15, 0.2) is 41.8 Å². The van der Waals surface area contributed by atoms with E-state index in [9.17, 15) is 0 Å². The van der Waals surface area contributed by atoms with Gasteiger partial charge in [0.1, 0.15) is 0 Å². The van der Waals surface area contributed by atoms with E-state index in [4.69, 9.17) is 5.73 Å². The maximum atomic E-state index is 6.10. The number of benzene rings is 1. The van der Waals surface area contributed by atoms with E-state index in [1.54, 1.807) is 11.8 Å². The number of hydrogen-bond donors (Lipinski definition) is 1. The van der Waals surface area contributed by atoms with Crippen molar-refractivity contribution in [3.8, 4) is 0 Å². The van der Waals surface area contributed by atoms with Crippen LogP contribution in [0.5, 0.6) is 0 Å². The quantitative estimate of drug-likeness (QED) is 0.591. The van der Waals surface area contributed by atoms with Gasteiger partial charge >= 0.3 is 0 Å². The highest BCUT2D eigenvalue weighted by molar-refractivity contribution is 7.98. The van der Waals surface area contributed by atoms with Crippen molar-refractivity contribution in [2.24, 2.45) is 5.73 Å². The Labute approximate surface area is 90.4 Å². The highest BCUT2D eigenvalue weighted by Gasteiger charge is 2.08. The summed E-state index contributed by atoms with van der Waals surface area (Å²) in [4.78, 5) is 1.28.